The van der Waals surface area contributed by atoms with Gasteiger partial charge in [0.2, 0.25) is 0 Å². The largest absolute Gasteiger partial charge is 0.351 e. The fraction of sp³-hybridized carbons (Fsp3) is 0.387. The number of hydrogen-bond donors (Lipinski definition) is 1. The molecule has 0 radical (unpaired) electrons. The van der Waals surface area contributed by atoms with E-state index in [9.17, 15) is 4.79 Å². The van der Waals surface area contributed by atoms with Crippen molar-refractivity contribution in [1.82, 2.24) is 5.32 Å². The van der Waals surface area contributed by atoms with Gasteiger partial charge in [-0.25, -0.2) is 0 Å². The van der Waals surface area contributed by atoms with E-state index in [1.165, 1.54) is 41.3 Å². The zero-order chi connectivity index (χ0) is 23.6. The van der Waals surface area contributed by atoms with Crippen LogP contribution in [0, 0.1) is 5.92 Å². The number of hydrogen-bond acceptors (Lipinski definition) is 1. The number of rotatable bonds is 7. The highest BCUT2D eigenvalue weighted by molar-refractivity contribution is 5.94. The van der Waals surface area contributed by atoms with Crippen molar-refractivity contribution >= 4 is 5.91 Å². The molecule has 176 valence electrons. The Morgan fingerprint density at radius 1 is 0.794 bits per heavy atom. The lowest BCUT2D eigenvalue weighted by molar-refractivity contribution is -0.931. The molecule has 5 rings (SSSR count). The Kier molecular flexibility index (Phi) is 6.31. The highest BCUT2D eigenvalue weighted by Gasteiger charge is 2.50. The summed E-state index contributed by atoms with van der Waals surface area (Å²) in [5.74, 6) is 0.649. The molecule has 2 saturated heterocycles. The monoisotopic (exact) mass is 453 g/mol. The molecule has 0 aromatic heterocycles. The Balaban J connectivity index is 1.50. The average molecular weight is 454 g/mol. The number of benzene rings is 3. The minimum Gasteiger partial charge on any atom is -0.351 e. The molecule has 0 aliphatic carbocycles. The Morgan fingerprint density at radius 2 is 1.26 bits per heavy atom. The van der Waals surface area contributed by atoms with Crippen LogP contribution in [0.4, 0.5) is 0 Å². The maximum Gasteiger partial charge on any atom is 0.251 e. The molecular formula is C31H37N2O+. The van der Waals surface area contributed by atoms with Crippen molar-refractivity contribution in [2.45, 2.75) is 49.6 Å². The van der Waals surface area contributed by atoms with Gasteiger partial charge in [-0.05, 0) is 35.6 Å². The van der Waals surface area contributed by atoms with Gasteiger partial charge in [0.1, 0.15) is 0 Å². The van der Waals surface area contributed by atoms with Crippen LogP contribution in [-0.4, -0.2) is 43.1 Å². The fourth-order valence-electron chi connectivity index (χ4n) is 6.77. The summed E-state index contributed by atoms with van der Waals surface area (Å²) in [4.78, 5) is 13.1. The number of carbonyl (C=O) groups is 1. The van der Waals surface area contributed by atoms with Gasteiger partial charge < -0.3 is 9.80 Å². The number of piperidine rings is 1. The molecule has 2 fully saturated rings. The summed E-state index contributed by atoms with van der Waals surface area (Å²) >= 11 is 0. The second kappa shape index (κ2) is 9.38. The molecule has 2 unspecified atom stereocenters. The van der Waals surface area contributed by atoms with Crippen LogP contribution < -0.4 is 5.32 Å². The molecule has 3 aromatic carbocycles. The zero-order valence-electron chi connectivity index (χ0n) is 20.5. The number of nitrogens with one attached hydrogen (secondary N) is 1. The molecule has 2 atom stereocenters. The maximum atomic E-state index is 13.1. The molecule has 1 amide bonds. The van der Waals surface area contributed by atoms with Crippen LogP contribution in [0.15, 0.2) is 91.0 Å². The molecule has 1 N–H and O–H groups in total. The van der Waals surface area contributed by atoms with Crippen LogP contribution in [0.5, 0.6) is 0 Å². The van der Waals surface area contributed by atoms with E-state index in [4.69, 9.17) is 0 Å². The Hall–Kier alpha value is -2.91. The van der Waals surface area contributed by atoms with E-state index in [2.05, 4.69) is 80.1 Å². The SMILES string of the molecule is C[N+]1(C)C2CCC1CC(CC(CNC(=O)c1ccccc1)(c1ccccc1)c1ccccc1)C2. The van der Waals surface area contributed by atoms with E-state index in [-0.39, 0.29) is 11.3 Å². The highest BCUT2D eigenvalue weighted by atomic mass is 16.1. The van der Waals surface area contributed by atoms with Crippen molar-refractivity contribution < 1.29 is 9.28 Å². The smallest absolute Gasteiger partial charge is 0.251 e. The molecule has 3 aromatic rings. The van der Waals surface area contributed by atoms with E-state index in [1.807, 2.05) is 30.3 Å². The van der Waals surface area contributed by atoms with Crippen molar-refractivity contribution in [3.8, 4) is 0 Å². The number of nitrogens with zero attached hydrogens (tertiary/aromatic N) is 1. The minimum atomic E-state index is -0.258. The Morgan fingerprint density at radius 3 is 1.76 bits per heavy atom. The summed E-state index contributed by atoms with van der Waals surface area (Å²) in [7, 11) is 4.86. The van der Waals surface area contributed by atoms with Crippen molar-refractivity contribution in [3.05, 3.63) is 108 Å². The second-order valence-corrected chi connectivity index (χ2v) is 10.9. The van der Waals surface area contributed by atoms with Gasteiger partial charge in [0.25, 0.3) is 5.91 Å². The molecule has 34 heavy (non-hydrogen) atoms. The van der Waals surface area contributed by atoms with Gasteiger partial charge in [0.05, 0.1) is 26.2 Å². The predicted octanol–water partition coefficient (Wildman–Crippen LogP) is 5.81. The van der Waals surface area contributed by atoms with Crippen molar-refractivity contribution in [2.75, 3.05) is 20.6 Å². The van der Waals surface area contributed by atoms with Crippen LogP contribution in [0.3, 0.4) is 0 Å². The third kappa shape index (κ3) is 4.30. The molecule has 0 spiro atoms. The number of amides is 1. The first-order valence-electron chi connectivity index (χ1n) is 12.8. The van der Waals surface area contributed by atoms with Gasteiger partial charge in [-0.2, -0.15) is 0 Å². The molecule has 2 bridgehead atoms. The van der Waals surface area contributed by atoms with E-state index < -0.39 is 0 Å². The van der Waals surface area contributed by atoms with E-state index in [0.29, 0.717) is 18.0 Å². The Bertz CT molecular complexity index is 1040. The summed E-state index contributed by atoms with van der Waals surface area (Å²) in [5.41, 5.74) is 3.04. The van der Waals surface area contributed by atoms with Crippen LogP contribution in [0.25, 0.3) is 0 Å². The maximum absolute atomic E-state index is 13.1. The molecule has 2 heterocycles. The number of quaternary nitrogens is 1. The Labute approximate surface area is 204 Å². The van der Waals surface area contributed by atoms with Gasteiger partial charge in [0, 0.05) is 43.2 Å². The van der Waals surface area contributed by atoms with Gasteiger partial charge in [-0.3, -0.25) is 4.79 Å². The molecule has 2 aliphatic heterocycles. The summed E-state index contributed by atoms with van der Waals surface area (Å²) in [6.07, 6.45) is 6.31. The molecule has 0 saturated carbocycles. The third-order valence-corrected chi connectivity index (χ3v) is 8.80. The topological polar surface area (TPSA) is 29.1 Å². The highest BCUT2D eigenvalue weighted by Crippen LogP contribution is 2.47. The number of carbonyl (C=O) groups excluding carboxylic acids is 1. The van der Waals surface area contributed by atoms with Crippen molar-refractivity contribution in [3.63, 3.8) is 0 Å². The quantitative estimate of drug-likeness (QED) is 0.450. The van der Waals surface area contributed by atoms with E-state index in [0.717, 1.165) is 18.5 Å². The fourth-order valence-corrected chi connectivity index (χ4v) is 6.77. The lowest BCUT2D eigenvalue weighted by Crippen LogP contribution is -2.55. The summed E-state index contributed by atoms with van der Waals surface area (Å²) in [5, 5.41) is 3.34. The minimum absolute atomic E-state index is 0.00153. The molecule has 2 aliphatic rings. The van der Waals surface area contributed by atoms with Crippen molar-refractivity contribution in [1.29, 1.82) is 0 Å². The summed E-state index contributed by atoms with van der Waals surface area (Å²) in [6.45, 7) is 0.596. The first kappa shape index (κ1) is 22.9. The third-order valence-electron chi connectivity index (χ3n) is 8.80. The van der Waals surface area contributed by atoms with Crippen LogP contribution in [0.2, 0.25) is 0 Å². The zero-order valence-corrected chi connectivity index (χ0v) is 20.5. The van der Waals surface area contributed by atoms with Crippen LogP contribution >= 0.6 is 0 Å². The van der Waals surface area contributed by atoms with Gasteiger partial charge >= 0.3 is 0 Å². The lowest BCUT2D eigenvalue weighted by atomic mass is 9.66. The normalized spacial score (nSPS) is 23.4. The first-order chi connectivity index (χ1) is 16.5. The van der Waals surface area contributed by atoms with Crippen molar-refractivity contribution in [2.24, 2.45) is 5.92 Å². The summed E-state index contributed by atoms with van der Waals surface area (Å²) < 4.78 is 1.19. The molecular weight excluding hydrogens is 416 g/mol. The standard InChI is InChI=1S/C31H36N2O/c1-33(2)28-18-19-29(33)21-24(20-28)22-31(26-14-8-4-9-15-26,27-16-10-5-11-17-27)23-32-30(34)25-12-6-3-7-13-25/h3-17,24,28-29H,18-23H2,1-2H3/p+1. The van der Waals surface area contributed by atoms with Crippen LogP contribution in [-0.2, 0) is 5.41 Å². The van der Waals surface area contributed by atoms with Gasteiger partial charge in [-0.1, -0.05) is 78.9 Å². The van der Waals surface area contributed by atoms with E-state index >= 15 is 0 Å². The van der Waals surface area contributed by atoms with Gasteiger partial charge in [-0.15, -0.1) is 0 Å². The lowest BCUT2D eigenvalue weighted by Gasteiger charge is -2.47. The van der Waals surface area contributed by atoms with Gasteiger partial charge in [0.15, 0.2) is 0 Å². The summed E-state index contributed by atoms with van der Waals surface area (Å²) in [6, 6.07) is 32.8. The molecule has 3 heteroatoms. The van der Waals surface area contributed by atoms with E-state index in [1.54, 1.807) is 0 Å². The first-order valence-corrected chi connectivity index (χ1v) is 12.8. The average Bonchev–Trinajstić information content (AvgIpc) is 3.03. The number of fused-ring (bicyclic) bond motifs is 2. The predicted molar refractivity (Wildman–Crippen MR) is 139 cm³/mol. The second-order valence-electron chi connectivity index (χ2n) is 10.9. The van der Waals surface area contributed by atoms with Crippen LogP contribution in [0.1, 0.15) is 53.6 Å². The molecule has 3 nitrogen and oxygen atoms in total.